The largest absolute Gasteiger partial charge is 0.464 e. The quantitative estimate of drug-likeness (QED) is 0.492. The van der Waals surface area contributed by atoms with Crippen LogP contribution in [0.4, 0.5) is 5.13 Å². The number of anilines is 1. The number of hydrogen-bond acceptors (Lipinski definition) is 4. The van der Waals surface area contributed by atoms with Crippen molar-refractivity contribution in [2.45, 2.75) is 13.3 Å². The van der Waals surface area contributed by atoms with Gasteiger partial charge >= 0.3 is 0 Å². The fraction of sp³-hybridized carbons (Fsp3) is 0.100. The molecule has 0 saturated carbocycles. The molecule has 0 fully saturated rings. The smallest absolute Gasteiger partial charge is 0.230 e. The van der Waals surface area contributed by atoms with E-state index >= 15 is 0 Å². The summed E-state index contributed by atoms with van der Waals surface area (Å²) in [5.41, 5.74) is 4.56. The number of hydrogen-bond donors (Lipinski definition) is 1. The Kier molecular flexibility index (Phi) is 4.49. The molecule has 0 aliphatic heterocycles. The normalized spacial score (nSPS) is 11.0. The van der Waals surface area contributed by atoms with Gasteiger partial charge in [-0.15, -0.1) is 11.3 Å². The van der Waals surface area contributed by atoms with Gasteiger partial charge < -0.3 is 9.73 Å². The molecule has 2 aromatic carbocycles. The number of nitrogens with zero attached hydrogens (tertiary/aromatic N) is 1. The molecule has 0 radical (unpaired) electrons. The Hall–Kier alpha value is -2.63. The molecule has 1 N–H and O–H groups in total. The van der Waals surface area contributed by atoms with Crippen LogP contribution >= 0.6 is 22.9 Å². The Labute approximate surface area is 159 Å². The zero-order valence-electron chi connectivity index (χ0n) is 14.0. The summed E-state index contributed by atoms with van der Waals surface area (Å²) < 4.78 is 5.55. The van der Waals surface area contributed by atoms with Crippen LogP contribution < -0.4 is 5.32 Å². The molecule has 26 heavy (non-hydrogen) atoms. The lowest BCUT2D eigenvalue weighted by molar-refractivity contribution is -0.115. The molecule has 2 heterocycles. The van der Waals surface area contributed by atoms with E-state index in [0.29, 0.717) is 10.2 Å². The summed E-state index contributed by atoms with van der Waals surface area (Å²) in [7, 11) is 0. The second-order valence-corrected chi connectivity index (χ2v) is 7.32. The molecule has 2 aromatic heterocycles. The first kappa shape index (κ1) is 16.8. The van der Waals surface area contributed by atoms with Gasteiger partial charge in [-0.05, 0) is 30.7 Å². The fourth-order valence-electron chi connectivity index (χ4n) is 2.75. The van der Waals surface area contributed by atoms with Crippen molar-refractivity contribution in [3.05, 3.63) is 70.3 Å². The Morgan fingerprint density at radius 3 is 2.85 bits per heavy atom. The highest BCUT2D eigenvalue weighted by Gasteiger charge is 2.13. The number of furan rings is 1. The van der Waals surface area contributed by atoms with Crippen molar-refractivity contribution in [1.82, 2.24) is 4.98 Å². The Morgan fingerprint density at radius 1 is 1.23 bits per heavy atom. The highest BCUT2D eigenvalue weighted by atomic mass is 35.5. The number of fused-ring (bicyclic) bond motifs is 1. The molecule has 0 bridgehead atoms. The Balaban J connectivity index is 1.47. The van der Waals surface area contributed by atoms with Crippen LogP contribution in [0.25, 0.3) is 22.2 Å². The van der Waals surface area contributed by atoms with Crippen molar-refractivity contribution < 1.29 is 9.21 Å². The van der Waals surface area contributed by atoms with E-state index in [9.17, 15) is 4.79 Å². The lowest BCUT2D eigenvalue weighted by Crippen LogP contribution is -2.13. The second-order valence-electron chi connectivity index (χ2n) is 6.03. The van der Waals surface area contributed by atoms with Crippen LogP contribution in [0.3, 0.4) is 0 Å². The predicted molar refractivity (Wildman–Crippen MR) is 106 cm³/mol. The van der Waals surface area contributed by atoms with E-state index in [4.69, 9.17) is 16.0 Å². The van der Waals surface area contributed by atoms with E-state index in [-0.39, 0.29) is 12.3 Å². The van der Waals surface area contributed by atoms with Gasteiger partial charge in [-0.1, -0.05) is 35.9 Å². The number of aryl methyl sites for hydroxylation is 1. The predicted octanol–water partition coefficient (Wildman–Crippen LogP) is 5.70. The van der Waals surface area contributed by atoms with Crippen LogP contribution in [0.5, 0.6) is 0 Å². The molecule has 0 saturated heterocycles. The van der Waals surface area contributed by atoms with Crippen molar-refractivity contribution in [3.63, 3.8) is 0 Å². The van der Waals surface area contributed by atoms with Crippen LogP contribution in [-0.4, -0.2) is 10.9 Å². The lowest BCUT2D eigenvalue weighted by atomic mass is 10.1. The maximum absolute atomic E-state index is 12.4. The number of benzene rings is 2. The second kappa shape index (κ2) is 6.94. The number of rotatable bonds is 4. The van der Waals surface area contributed by atoms with Crippen LogP contribution in [0.2, 0.25) is 5.02 Å². The minimum Gasteiger partial charge on any atom is -0.464 e. The lowest BCUT2D eigenvalue weighted by Gasteiger charge is -2.01. The summed E-state index contributed by atoms with van der Waals surface area (Å²) in [4.78, 5) is 16.9. The molecule has 6 heteroatoms. The first-order chi connectivity index (χ1) is 12.6. The molecule has 1 amide bonds. The number of thiazole rings is 1. The number of carbonyl (C=O) groups is 1. The van der Waals surface area contributed by atoms with Gasteiger partial charge in [0, 0.05) is 26.9 Å². The Morgan fingerprint density at radius 2 is 2.04 bits per heavy atom. The van der Waals surface area contributed by atoms with E-state index < -0.39 is 0 Å². The average Bonchev–Trinajstić information content (AvgIpc) is 3.23. The van der Waals surface area contributed by atoms with Gasteiger partial charge in [0.15, 0.2) is 5.13 Å². The molecule has 0 spiro atoms. The van der Waals surface area contributed by atoms with Crippen molar-refractivity contribution in [3.8, 4) is 11.3 Å². The summed E-state index contributed by atoms with van der Waals surface area (Å²) in [6.45, 7) is 2.01. The van der Waals surface area contributed by atoms with Crippen LogP contribution in [0, 0.1) is 6.92 Å². The molecular weight excluding hydrogens is 368 g/mol. The molecule has 4 aromatic rings. The van der Waals surface area contributed by atoms with Crippen LogP contribution in [0.15, 0.2) is 58.5 Å². The van der Waals surface area contributed by atoms with Crippen molar-refractivity contribution in [1.29, 1.82) is 0 Å². The van der Waals surface area contributed by atoms with Gasteiger partial charge in [0.2, 0.25) is 5.91 Å². The fourth-order valence-corrected chi connectivity index (χ4v) is 3.61. The maximum atomic E-state index is 12.4. The van der Waals surface area contributed by atoms with Gasteiger partial charge in [0.25, 0.3) is 0 Å². The van der Waals surface area contributed by atoms with Gasteiger partial charge in [0.1, 0.15) is 5.58 Å². The number of nitrogens with one attached hydrogen (secondary N) is 1. The van der Waals surface area contributed by atoms with Crippen molar-refractivity contribution in [2.75, 3.05) is 5.32 Å². The van der Waals surface area contributed by atoms with Gasteiger partial charge in [-0.25, -0.2) is 4.98 Å². The van der Waals surface area contributed by atoms with Gasteiger partial charge in [-0.2, -0.15) is 0 Å². The third-order valence-corrected chi connectivity index (χ3v) is 5.06. The molecule has 0 aliphatic rings. The summed E-state index contributed by atoms with van der Waals surface area (Å²) in [5, 5.41) is 6.99. The third kappa shape index (κ3) is 3.49. The van der Waals surface area contributed by atoms with Gasteiger partial charge in [-0.3, -0.25) is 4.79 Å². The molecule has 0 atom stereocenters. The van der Waals surface area contributed by atoms with E-state index in [1.165, 1.54) is 11.3 Å². The molecule has 130 valence electrons. The van der Waals surface area contributed by atoms with E-state index in [2.05, 4.69) is 10.3 Å². The average molecular weight is 383 g/mol. The summed E-state index contributed by atoms with van der Waals surface area (Å²) in [6, 6.07) is 13.4. The molecule has 4 rings (SSSR count). The zero-order valence-corrected chi connectivity index (χ0v) is 15.5. The zero-order chi connectivity index (χ0) is 18.1. The highest BCUT2D eigenvalue weighted by Crippen LogP contribution is 2.27. The minimum atomic E-state index is -0.120. The summed E-state index contributed by atoms with van der Waals surface area (Å²) in [6.07, 6.45) is 1.89. The maximum Gasteiger partial charge on any atom is 0.230 e. The van der Waals surface area contributed by atoms with Crippen molar-refractivity contribution >= 4 is 44.9 Å². The molecule has 0 unspecified atom stereocenters. The molecule has 4 nitrogen and oxygen atoms in total. The standard InChI is InChI=1S/C20H15ClN2O2S/c1-12-2-7-16-14(10-25-18(16)8-12)9-19(24)23-20-22-17(11-26-20)13-3-5-15(21)6-4-13/h2-8,10-11H,9H2,1H3,(H,22,23,24). The monoisotopic (exact) mass is 382 g/mol. The number of halogens is 1. The summed E-state index contributed by atoms with van der Waals surface area (Å²) in [5.74, 6) is -0.120. The van der Waals surface area contributed by atoms with Crippen LogP contribution in [-0.2, 0) is 11.2 Å². The van der Waals surface area contributed by atoms with E-state index in [1.807, 2.05) is 54.8 Å². The summed E-state index contributed by atoms with van der Waals surface area (Å²) >= 11 is 7.30. The minimum absolute atomic E-state index is 0.120. The topological polar surface area (TPSA) is 55.1 Å². The van der Waals surface area contributed by atoms with E-state index in [1.54, 1.807) is 6.26 Å². The van der Waals surface area contributed by atoms with Crippen LogP contribution in [0.1, 0.15) is 11.1 Å². The first-order valence-electron chi connectivity index (χ1n) is 8.06. The van der Waals surface area contributed by atoms with Gasteiger partial charge in [0.05, 0.1) is 18.4 Å². The first-order valence-corrected chi connectivity index (χ1v) is 9.32. The SMILES string of the molecule is Cc1ccc2c(CC(=O)Nc3nc(-c4ccc(Cl)cc4)cs3)coc2c1. The molecular formula is C20H15ClN2O2S. The highest BCUT2D eigenvalue weighted by molar-refractivity contribution is 7.14. The van der Waals surface area contributed by atoms with E-state index in [0.717, 1.165) is 33.4 Å². The van der Waals surface area contributed by atoms with Crippen molar-refractivity contribution in [2.24, 2.45) is 0 Å². The number of amides is 1. The number of carbonyl (C=O) groups excluding carboxylic acids is 1. The number of aromatic nitrogens is 1. The molecule has 0 aliphatic carbocycles. The third-order valence-electron chi connectivity index (χ3n) is 4.05. The Bertz CT molecular complexity index is 1080.